The Kier molecular flexibility index (Phi) is 8.41. The maximum Gasteiger partial charge on any atom is 0.266 e. The van der Waals surface area contributed by atoms with E-state index in [1.165, 1.54) is 17.0 Å². The Balaban J connectivity index is 1.07. The van der Waals surface area contributed by atoms with Gasteiger partial charge in [-0.1, -0.05) is 221 Å². The van der Waals surface area contributed by atoms with Gasteiger partial charge in [0.25, 0.3) is 13.4 Å². The van der Waals surface area contributed by atoms with Gasteiger partial charge in [0.15, 0.2) is 0 Å². The summed E-state index contributed by atoms with van der Waals surface area (Å²) in [5.74, 6) is -0.494. The summed E-state index contributed by atoms with van der Waals surface area (Å²) in [6.07, 6.45) is 0. The smallest absolute Gasteiger partial charge is 0.266 e. The molecule has 1 aromatic heterocycles. The van der Waals surface area contributed by atoms with Crippen molar-refractivity contribution in [3.63, 3.8) is 0 Å². The van der Waals surface area contributed by atoms with E-state index in [1.807, 2.05) is 187 Å². The molecule has 5 aliphatic heterocycles. The van der Waals surface area contributed by atoms with E-state index in [2.05, 4.69) is 42.7 Å². The number of benzene rings is 13. The number of rotatable bonds is 7. The average Bonchev–Trinajstić information content (AvgIpc) is 1.03. The van der Waals surface area contributed by atoms with Crippen LogP contribution < -0.4 is 57.0 Å². The molecule has 0 atom stereocenters. The van der Waals surface area contributed by atoms with Crippen LogP contribution in [0.4, 0.5) is 51.2 Å². The molecule has 5 aliphatic rings. The molecule has 6 nitrogen and oxygen atoms in total. The van der Waals surface area contributed by atoms with Gasteiger partial charge >= 0.3 is 0 Å². The van der Waals surface area contributed by atoms with E-state index in [4.69, 9.17) is 10.8 Å². The maximum atomic E-state index is 11.9. The largest absolute Gasteiger partial charge is 0.459 e. The number of ether oxygens (including phenoxy) is 2. The first-order valence-electron chi connectivity index (χ1n) is 36.7. The van der Waals surface area contributed by atoms with Crippen molar-refractivity contribution in [2.75, 3.05) is 14.7 Å². The molecule has 0 spiro atoms. The summed E-state index contributed by atoms with van der Waals surface area (Å²) in [5.41, 5.74) is 11.0. The van der Waals surface area contributed by atoms with Crippen molar-refractivity contribution < 1.29 is 27.3 Å². The topological polar surface area (TPSA) is 33.1 Å². The molecule has 0 unspecified atom stereocenters. The predicted octanol–water partition coefficient (Wildman–Crippen LogP) is 17.7. The summed E-state index contributed by atoms with van der Waals surface area (Å²) in [6.45, 7) is 3.93. The van der Waals surface area contributed by atoms with Gasteiger partial charge in [-0.3, -0.25) is 0 Å². The first kappa shape index (κ1) is 39.6. The minimum absolute atomic E-state index is 0.0267. The zero-order valence-corrected chi connectivity index (χ0v) is 48.9. The van der Waals surface area contributed by atoms with Crippen molar-refractivity contribution in [3.05, 3.63) is 290 Å². The fraction of sp³-hybridized carbons (Fsp3) is 0.0488. The highest BCUT2D eigenvalue weighted by atomic mass is 16.5. The van der Waals surface area contributed by atoms with Gasteiger partial charge < -0.3 is 28.7 Å². The van der Waals surface area contributed by atoms with Crippen LogP contribution in [0.2, 0.25) is 0 Å². The quantitative estimate of drug-likeness (QED) is 0.149. The van der Waals surface area contributed by atoms with Crippen LogP contribution in [-0.2, 0) is 5.41 Å². The molecule has 14 aromatic rings. The first-order chi connectivity index (χ1) is 49.7. The lowest BCUT2D eigenvalue weighted by Crippen LogP contribution is -2.66. The molecule has 90 heavy (non-hydrogen) atoms. The predicted molar refractivity (Wildman–Crippen MR) is 376 cm³/mol. The second-order valence-corrected chi connectivity index (χ2v) is 24.4. The zero-order chi connectivity index (χ0) is 70.8. The van der Waals surface area contributed by atoms with Crippen molar-refractivity contribution in [1.29, 1.82) is 0 Å². The molecule has 13 aromatic carbocycles. The molecule has 0 N–H and O–H groups in total. The van der Waals surface area contributed by atoms with E-state index < -0.39 is 61.1 Å². The lowest BCUT2D eigenvalue weighted by molar-refractivity contribution is 0.466. The number of para-hydroxylation sites is 5. The van der Waals surface area contributed by atoms with E-state index in [0.717, 1.165) is 49.7 Å². The summed E-state index contributed by atoms with van der Waals surface area (Å²) in [7, 11) is 0. The van der Waals surface area contributed by atoms with E-state index >= 15 is 0 Å². The second-order valence-electron chi connectivity index (χ2n) is 24.4. The van der Waals surface area contributed by atoms with Crippen LogP contribution >= 0.6 is 0 Å². The number of anilines is 9. The normalized spacial score (nSPS) is 15.6. The summed E-state index contributed by atoms with van der Waals surface area (Å²) >= 11 is 0. The lowest BCUT2D eigenvalue weighted by Gasteiger charge is -2.49. The fourth-order valence-corrected chi connectivity index (χ4v) is 14.7. The third-order valence-electron chi connectivity index (χ3n) is 18.6. The number of aromatic nitrogens is 1. The summed E-state index contributed by atoms with van der Waals surface area (Å²) in [4.78, 5) is 5.73. The minimum atomic E-state index is -1.27. The van der Waals surface area contributed by atoms with Gasteiger partial charge in [0, 0.05) is 78.4 Å². The Morgan fingerprint density at radius 1 is 0.367 bits per heavy atom. The first-order valence-corrected chi connectivity index (χ1v) is 30.2. The molecule has 0 aliphatic carbocycles. The van der Waals surface area contributed by atoms with E-state index in [9.17, 15) is 16.4 Å². The van der Waals surface area contributed by atoms with Crippen LogP contribution in [0.1, 0.15) is 44.2 Å². The Labute approximate surface area is 542 Å². The fourth-order valence-electron chi connectivity index (χ4n) is 14.7. The highest BCUT2D eigenvalue weighted by molar-refractivity contribution is 7.04. The van der Waals surface area contributed by atoms with Crippen LogP contribution in [-0.4, -0.2) is 18.0 Å². The van der Waals surface area contributed by atoms with Gasteiger partial charge in [-0.2, -0.15) is 0 Å². The standard InChI is InChI=1S/C82H56B2N4O2/c1-82(2,3)54-47-68-75-69(48-54)88(80-58(52-27-10-5-11-28-52)36-22-37-59(80)53-29-12-6-13-30-53)71-50-70-78-81(90-74-44-24-43-73-79(74)84(78)76-66(41-23-42-72(76)89-73)85(70)55-31-14-7-15-32-55)77(71)83(75)62-46-45-56(86-64-39-20-17-34-60(64)61-35-18-21-40-65(61)86)49-67(62)87(68)63-38-19-16-33-57(63)51-25-8-4-9-26-51/h4-50H,1-3H3/i7D,14D,15D,23D,24D,31D,42D,43D,44D,45D,46D,49D,50D. The van der Waals surface area contributed by atoms with Crippen molar-refractivity contribution >= 4 is 119 Å². The van der Waals surface area contributed by atoms with Gasteiger partial charge in [-0.25, -0.2) is 0 Å². The van der Waals surface area contributed by atoms with Gasteiger partial charge in [-0.15, -0.1) is 0 Å². The highest BCUT2D eigenvalue weighted by Crippen LogP contribution is 2.55. The summed E-state index contributed by atoms with van der Waals surface area (Å²) in [6, 6.07) is 61.7. The van der Waals surface area contributed by atoms with Crippen LogP contribution in [0.3, 0.4) is 0 Å². The number of hydrogen-bond donors (Lipinski definition) is 0. The molecule has 0 saturated heterocycles. The summed E-state index contributed by atoms with van der Waals surface area (Å²) in [5, 5.41) is 1.77. The third-order valence-corrected chi connectivity index (χ3v) is 18.6. The highest BCUT2D eigenvalue weighted by Gasteiger charge is 2.53. The van der Waals surface area contributed by atoms with E-state index in [1.54, 1.807) is 0 Å². The molecule has 422 valence electrons. The van der Waals surface area contributed by atoms with Gasteiger partial charge in [0.05, 0.1) is 40.2 Å². The monoisotopic (exact) mass is 1160 g/mol. The minimum Gasteiger partial charge on any atom is -0.459 e. The zero-order valence-electron chi connectivity index (χ0n) is 61.9. The summed E-state index contributed by atoms with van der Waals surface area (Å²) < 4.78 is 148. The molecule has 0 radical (unpaired) electrons. The van der Waals surface area contributed by atoms with Gasteiger partial charge in [0.1, 0.15) is 23.0 Å². The van der Waals surface area contributed by atoms with Crippen LogP contribution in [0.25, 0.3) is 60.9 Å². The molecule has 0 saturated carbocycles. The number of hydrogen-bond acceptors (Lipinski definition) is 5. The third kappa shape index (κ3) is 7.24. The maximum absolute atomic E-state index is 11.9. The molecule has 6 heterocycles. The molecule has 0 bridgehead atoms. The molecule has 0 fully saturated rings. The van der Waals surface area contributed by atoms with Crippen molar-refractivity contribution in [2.24, 2.45) is 0 Å². The van der Waals surface area contributed by atoms with Crippen molar-refractivity contribution in [2.45, 2.75) is 26.2 Å². The second kappa shape index (κ2) is 19.1. The molecular weight excluding hydrogens is 1090 g/mol. The Morgan fingerprint density at radius 3 is 1.64 bits per heavy atom. The van der Waals surface area contributed by atoms with Crippen molar-refractivity contribution in [3.8, 4) is 62.1 Å². The SMILES string of the molecule is [2H]c1cc(N2c3cc([2H])c([2H])c4c3B3c5c(c([2H])c([2H])c([2H])c5Oc5c3c2c([2H])c2c5B3c5c(cc(C(C)(C)C)cc5N2c2c(-c5ccccc5)cccc2-c2ccccc2)N(c2ccccc2-c2ccccc2)c2c([2H])c(-n5c6ccccc6c6ccccc65)c([2H])c([2H])c23)O4)c([2H])c([2H])c1[2H]. The lowest BCUT2D eigenvalue weighted by atomic mass is 9.29. The Hall–Kier alpha value is -11.2. The molecule has 8 heteroatoms. The van der Waals surface area contributed by atoms with E-state index in [-0.39, 0.29) is 121 Å². The van der Waals surface area contributed by atoms with Crippen LogP contribution in [0, 0.1) is 0 Å². The van der Waals surface area contributed by atoms with Crippen molar-refractivity contribution in [1.82, 2.24) is 4.57 Å². The Morgan fingerprint density at radius 2 is 0.944 bits per heavy atom. The van der Waals surface area contributed by atoms with Gasteiger partial charge in [-0.05, 0) is 140 Å². The number of nitrogens with zero attached hydrogens (tertiary/aromatic N) is 4. The molecule has 19 rings (SSSR count). The average molecular weight is 1160 g/mol. The molecule has 0 amide bonds. The van der Waals surface area contributed by atoms with E-state index in [0.29, 0.717) is 39.2 Å². The van der Waals surface area contributed by atoms with Crippen LogP contribution in [0.15, 0.2) is 285 Å². The number of fused-ring (bicyclic) bond motifs is 8. The molecular formula is C82H56B2N4O2. The van der Waals surface area contributed by atoms with Crippen LogP contribution in [0.5, 0.6) is 23.0 Å². The Bertz CT molecular complexity index is 6040. The van der Waals surface area contributed by atoms with Gasteiger partial charge in [0.2, 0.25) is 0 Å².